The Balaban J connectivity index is 1.66. The number of nitrogens with zero attached hydrogens (tertiary/aromatic N) is 3. The van der Waals surface area contributed by atoms with Crippen LogP contribution < -0.4 is 10.2 Å². The van der Waals surface area contributed by atoms with Crippen LogP contribution in [0.5, 0.6) is 0 Å². The van der Waals surface area contributed by atoms with Gasteiger partial charge < -0.3 is 10.2 Å². The smallest absolute Gasteiger partial charge is 0.269 e. The Morgan fingerprint density at radius 1 is 1.06 bits per heavy atom. The van der Waals surface area contributed by atoms with Gasteiger partial charge in [0.25, 0.3) is 5.91 Å². The summed E-state index contributed by atoms with van der Waals surface area (Å²) in [5, 5.41) is 2.62. The van der Waals surface area contributed by atoms with Crippen LogP contribution in [-0.4, -0.2) is 36.0 Å². The molecule has 1 unspecified atom stereocenters. The van der Waals surface area contributed by atoms with E-state index in [1.165, 1.54) is 23.2 Å². The number of carbonyl (C=O) groups excluding carboxylic acids is 1. The fourth-order valence-corrected chi connectivity index (χ4v) is 4.28. The van der Waals surface area contributed by atoms with Crippen molar-refractivity contribution < 1.29 is 4.79 Å². The third kappa shape index (κ3) is 4.46. The molecule has 160 valence electrons. The van der Waals surface area contributed by atoms with Gasteiger partial charge in [-0.05, 0) is 78.3 Å². The van der Waals surface area contributed by atoms with Crippen LogP contribution in [0.25, 0.3) is 22.4 Å². The highest BCUT2D eigenvalue weighted by atomic mass is 16.1. The first-order valence-corrected chi connectivity index (χ1v) is 11.0. The molecule has 1 amide bonds. The molecule has 31 heavy (non-hydrogen) atoms. The van der Waals surface area contributed by atoms with Crippen LogP contribution in [0.2, 0.25) is 0 Å². The van der Waals surface area contributed by atoms with Crippen molar-refractivity contribution in [3.63, 3.8) is 0 Å². The van der Waals surface area contributed by atoms with Crippen LogP contribution in [0, 0.1) is 18.8 Å². The van der Waals surface area contributed by atoms with E-state index in [-0.39, 0.29) is 5.91 Å². The molecule has 5 nitrogen and oxygen atoms in total. The van der Waals surface area contributed by atoms with Crippen molar-refractivity contribution in [3.05, 3.63) is 66.1 Å². The van der Waals surface area contributed by atoms with Gasteiger partial charge >= 0.3 is 0 Å². The first kappa shape index (κ1) is 21.0. The maximum atomic E-state index is 12.0. The highest BCUT2D eigenvalue weighted by Crippen LogP contribution is 2.33. The molecule has 5 heteroatoms. The Kier molecular flexibility index (Phi) is 6.03. The number of hydrogen-bond acceptors (Lipinski definition) is 4. The van der Waals surface area contributed by atoms with E-state index >= 15 is 0 Å². The zero-order chi connectivity index (χ0) is 22.0. The highest BCUT2D eigenvalue weighted by molar-refractivity contribution is 5.93. The van der Waals surface area contributed by atoms with E-state index in [1.54, 1.807) is 19.3 Å². The summed E-state index contributed by atoms with van der Waals surface area (Å²) >= 11 is 0. The van der Waals surface area contributed by atoms with Gasteiger partial charge in [-0.3, -0.25) is 14.8 Å². The molecular weight excluding hydrogens is 384 g/mol. The average Bonchev–Trinajstić information content (AvgIpc) is 3.30. The van der Waals surface area contributed by atoms with Gasteiger partial charge in [0.05, 0.1) is 5.69 Å². The lowest BCUT2D eigenvalue weighted by molar-refractivity contribution is 0.0958. The Labute approximate surface area is 184 Å². The maximum absolute atomic E-state index is 12.0. The zero-order valence-electron chi connectivity index (χ0n) is 18.7. The number of aromatic nitrogens is 2. The number of nitrogens with one attached hydrogen (secondary N) is 1. The van der Waals surface area contributed by atoms with E-state index in [2.05, 4.69) is 71.3 Å². The molecule has 2 aromatic heterocycles. The van der Waals surface area contributed by atoms with Gasteiger partial charge in [-0.15, -0.1) is 0 Å². The molecule has 0 saturated carbocycles. The molecule has 1 aromatic carbocycles. The number of aryl methyl sites for hydroxylation is 1. The van der Waals surface area contributed by atoms with Gasteiger partial charge in [0.15, 0.2) is 0 Å². The third-order valence-corrected chi connectivity index (χ3v) is 6.34. The number of anilines is 1. The van der Waals surface area contributed by atoms with Crippen molar-refractivity contribution in [3.8, 4) is 22.4 Å². The normalized spacial score (nSPS) is 16.0. The molecule has 1 saturated heterocycles. The van der Waals surface area contributed by atoms with Crippen LogP contribution in [0.15, 0.2) is 54.9 Å². The number of amides is 1. The Morgan fingerprint density at radius 3 is 2.58 bits per heavy atom. The van der Waals surface area contributed by atoms with Crippen LogP contribution in [0.3, 0.4) is 0 Å². The van der Waals surface area contributed by atoms with Gasteiger partial charge in [0.2, 0.25) is 0 Å². The largest absolute Gasteiger partial charge is 0.371 e. The van der Waals surface area contributed by atoms with E-state index in [1.807, 2.05) is 12.3 Å². The van der Waals surface area contributed by atoms with Crippen LogP contribution in [-0.2, 0) is 0 Å². The minimum Gasteiger partial charge on any atom is -0.371 e. The van der Waals surface area contributed by atoms with E-state index in [4.69, 9.17) is 0 Å². The quantitative estimate of drug-likeness (QED) is 0.641. The summed E-state index contributed by atoms with van der Waals surface area (Å²) in [5.41, 5.74) is 6.96. The van der Waals surface area contributed by atoms with Crippen molar-refractivity contribution in [1.82, 2.24) is 15.3 Å². The van der Waals surface area contributed by atoms with E-state index in [9.17, 15) is 4.79 Å². The van der Waals surface area contributed by atoms with Crippen molar-refractivity contribution >= 4 is 11.6 Å². The molecule has 0 spiro atoms. The van der Waals surface area contributed by atoms with Crippen LogP contribution >= 0.6 is 0 Å². The van der Waals surface area contributed by atoms with Crippen molar-refractivity contribution in [2.45, 2.75) is 27.2 Å². The van der Waals surface area contributed by atoms with Crippen LogP contribution in [0.1, 0.15) is 36.3 Å². The van der Waals surface area contributed by atoms with E-state index in [0.29, 0.717) is 5.69 Å². The first-order chi connectivity index (χ1) is 15.0. The lowest BCUT2D eigenvalue weighted by Crippen LogP contribution is -2.21. The molecule has 1 aliphatic rings. The number of hydrogen-bond donors (Lipinski definition) is 1. The maximum Gasteiger partial charge on any atom is 0.269 e. The molecule has 1 fully saturated rings. The summed E-state index contributed by atoms with van der Waals surface area (Å²) in [6, 6.07) is 14.6. The lowest BCUT2D eigenvalue weighted by atomic mass is 9.95. The van der Waals surface area contributed by atoms with Gasteiger partial charge in [0, 0.05) is 43.8 Å². The molecule has 0 aliphatic carbocycles. The standard InChI is InChI=1S/C26H30N4O/c1-17(2)21-9-12-30(16-21)22-6-5-18(3)23(15-22)19-7-10-28-24(13-19)20-8-11-29-25(14-20)26(31)27-4/h5-8,10-11,13-15,17,21H,9,12,16H2,1-4H3,(H,27,31). The summed E-state index contributed by atoms with van der Waals surface area (Å²) in [4.78, 5) is 23.2. The van der Waals surface area contributed by atoms with E-state index in [0.717, 1.165) is 41.7 Å². The molecule has 0 radical (unpaired) electrons. The first-order valence-electron chi connectivity index (χ1n) is 11.0. The molecule has 1 N–H and O–H groups in total. The predicted octanol–water partition coefficient (Wildman–Crippen LogP) is 4.96. The fraction of sp³-hybridized carbons (Fsp3) is 0.346. The molecule has 4 rings (SSSR count). The summed E-state index contributed by atoms with van der Waals surface area (Å²) in [7, 11) is 1.61. The SMILES string of the molecule is CNC(=O)c1cc(-c2cc(-c3cc(N4CCC(C(C)C)C4)ccc3C)ccn2)ccn1. The minimum atomic E-state index is -0.202. The summed E-state index contributed by atoms with van der Waals surface area (Å²) in [5.74, 6) is 1.28. The molecular formula is C26H30N4O. The van der Waals surface area contributed by atoms with Gasteiger partial charge in [0.1, 0.15) is 5.69 Å². The molecule has 0 bridgehead atoms. The molecule has 3 aromatic rings. The van der Waals surface area contributed by atoms with Gasteiger partial charge in [-0.25, -0.2) is 0 Å². The number of pyridine rings is 2. The van der Waals surface area contributed by atoms with Gasteiger partial charge in [-0.1, -0.05) is 19.9 Å². The Morgan fingerprint density at radius 2 is 1.84 bits per heavy atom. The topological polar surface area (TPSA) is 58.1 Å². The Bertz CT molecular complexity index is 1090. The molecule has 1 aliphatic heterocycles. The third-order valence-electron chi connectivity index (χ3n) is 6.34. The number of rotatable bonds is 5. The zero-order valence-corrected chi connectivity index (χ0v) is 18.7. The average molecular weight is 415 g/mol. The van der Waals surface area contributed by atoms with Crippen molar-refractivity contribution in [2.75, 3.05) is 25.0 Å². The monoisotopic (exact) mass is 414 g/mol. The van der Waals surface area contributed by atoms with Crippen LogP contribution in [0.4, 0.5) is 5.69 Å². The second-order valence-electron chi connectivity index (χ2n) is 8.68. The molecule has 1 atom stereocenters. The number of carbonyl (C=O) groups is 1. The summed E-state index contributed by atoms with van der Waals surface area (Å²) < 4.78 is 0. The van der Waals surface area contributed by atoms with Crippen molar-refractivity contribution in [1.29, 1.82) is 0 Å². The van der Waals surface area contributed by atoms with Crippen molar-refractivity contribution in [2.24, 2.45) is 11.8 Å². The lowest BCUT2D eigenvalue weighted by Gasteiger charge is -2.21. The van der Waals surface area contributed by atoms with E-state index < -0.39 is 0 Å². The number of benzene rings is 1. The second-order valence-corrected chi connectivity index (χ2v) is 8.68. The summed E-state index contributed by atoms with van der Waals surface area (Å²) in [6.07, 6.45) is 4.75. The fourth-order valence-electron chi connectivity index (χ4n) is 4.28. The second kappa shape index (κ2) is 8.88. The predicted molar refractivity (Wildman–Crippen MR) is 126 cm³/mol. The van der Waals surface area contributed by atoms with Gasteiger partial charge in [-0.2, -0.15) is 0 Å². The Hall–Kier alpha value is -3.21. The minimum absolute atomic E-state index is 0.202. The highest BCUT2D eigenvalue weighted by Gasteiger charge is 2.25. The molecule has 3 heterocycles. The summed E-state index contributed by atoms with van der Waals surface area (Å²) in [6.45, 7) is 9.04.